The van der Waals surface area contributed by atoms with Gasteiger partial charge in [0.15, 0.2) is 6.61 Å². The fourth-order valence-electron chi connectivity index (χ4n) is 2.90. The number of aryl methyl sites for hydroxylation is 2. The second-order valence-corrected chi connectivity index (χ2v) is 8.56. The summed E-state index contributed by atoms with van der Waals surface area (Å²) in [4.78, 5) is 27.0. The summed E-state index contributed by atoms with van der Waals surface area (Å²) in [6.07, 6.45) is 0. The predicted octanol–water partition coefficient (Wildman–Crippen LogP) is 4.15. The number of benzene rings is 2. The van der Waals surface area contributed by atoms with Crippen molar-refractivity contribution in [2.75, 3.05) is 6.61 Å². The van der Waals surface area contributed by atoms with Gasteiger partial charge in [0.25, 0.3) is 5.91 Å². The molecule has 5 nitrogen and oxygen atoms in total. The third-order valence-corrected chi connectivity index (χ3v) is 4.80. The molecule has 0 aliphatic carbocycles. The molecule has 0 spiro atoms. The lowest BCUT2D eigenvalue weighted by Crippen LogP contribution is -2.53. The molecular formula is C24H31FN2O3. The maximum absolute atomic E-state index is 14.2. The number of rotatable bonds is 7. The summed E-state index contributed by atoms with van der Waals surface area (Å²) in [7, 11) is 0. The molecule has 0 saturated carbocycles. The summed E-state index contributed by atoms with van der Waals surface area (Å²) < 4.78 is 19.9. The zero-order valence-electron chi connectivity index (χ0n) is 18.6. The maximum atomic E-state index is 14.2. The van der Waals surface area contributed by atoms with Crippen molar-refractivity contribution < 1.29 is 18.7 Å². The number of halogens is 1. The average molecular weight is 415 g/mol. The fraction of sp³-hybridized carbons (Fsp3) is 0.417. The van der Waals surface area contributed by atoms with E-state index in [2.05, 4.69) is 5.32 Å². The van der Waals surface area contributed by atoms with E-state index in [1.807, 2.05) is 46.8 Å². The van der Waals surface area contributed by atoms with E-state index < -0.39 is 23.3 Å². The summed E-state index contributed by atoms with van der Waals surface area (Å²) in [5.41, 5.74) is 2.07. The van der Waals surface area contributed by atoms with Crippen LogP contribution in [0.2, 0.25) is 0 Å². The predicted molar refractivity (Wildman–Crippen MR) is 116 cm³/mol. The normalized spacial score (nSPS) is 12.2. The van der Waals surface area contributed by atoms with Gasteiger partial charge in [0, 0.05) is 17.6 Å². The number of ether oxygens (including phenoxy) is 1. The van der Waals surface area contributed by atoms with Crippen LogP contribution in [0.5, 0.6) is 5.75 Å². The molecule has 0 aliphatic rings. The van der Waals surface area contributed by atoms with Crippen molar-refractivity contribution in [2.24, 2.45) is 0 Å². The van der Waals surface area contributed by atoms with Crippen LogP contribution in [0.15, 0.2) is 42.5 Å². The van der Waals surface area contributed by atoms with Gasteiger partial charge in [-0.1, -0.05) is 24.3 Å². The van der Waals surface area contributed by atoms with Crippen LogP contribution < -0.4 is 10.1 Å². The number of nitrogens with zero attached hydrogens (tertiary/aromatic N) is 1. The Bertz CT molecular complexity index is 906. The highest BCUT2D eigenvalue weighted by Crippen LogP contribution is 2.18. The maximum Gasteiger partial charge on any atom is 0.261 e. The van der Waals surface area contributed by atoms with E-state index in [4.69, 9.17) is 4.74 Å². The summed E-state index contributed by atoms with van der Waals surface area (Å²) in [6, 6.07) is 11.0. The van der Waals surface area contributed by atoms with Crippen molar-refractivity contribution in [2.45, 2.75) is 59.7 Å². The van der Waals surface area contributed by atoms with Gasteiger partial charge in [0.2, 0.25) is 5.91 Å². The first-order chi connectivity index (χ1) is 14.0. The minimum absolute atomic E-state index is 0.0273. The van der Waals surface area contributed by atoms with Crippen molar-refractivity contribution in [3.05, 3.63) is 65.0 Å². The number of carbonyl (C=O) groups is 2. The van der Waals surface area contributed by atoms with Crippen LogP contribution in [0.25, 0.3) is 0 Å². The van der Waals surface area contributed by atoms with E-state index in [0.717, 1.165) is 11.1 Å². The Morgan fingerprint density at radius 3 is 2.37 bits per heavy atom. The molecule has 30 heavy (non-hydrogen) atoms. The molecule has 0 saturated heterocycles. The highest BCUT2D eigenvalue weighted by atomic mass is 19.1. The first-order valence-corrected chi connectivity index (χ1v) is 10.0. The molecule has 1 N–H and O–H groups in total. The van der Waals surface area contributed by atoms with E-state index in [0.29, 0.717) is 11.3 Å². The topological polar surface area (TPSA) is 58.6 Å². The van der Waals surface area contributed by atoms with Gasteiger partial charge in [-0.2, -0.15) is 0 Å². The van der Waals surface area contributed by atoms with Crippen molar-refractivity contribution in [3.63, 3.8) is 0 Å². The molecule has 2 aromatic rings. The van der Waals surface area contributed by atoms with Gasteiger partial charge >= 0.3 is 0 Å². The van der Waals surface area contributed by atoms with E-state index in [1.54, 1.807) is 31.2 Å². The largest absolute Gasteiger partial charge is 0.484 e. The van der Waals surface area contributed by atoms with Gasteiger partial charge in [-0.3, -0.25) is 9.59 Å². The molecule has 1 unspecified atom stereocenters. The number of nitrogens with one attached hydrogen (secondary N) is 1. The number of hydrogen-bond acceptors (Lipinski definition) is 3. The highest BCUT2D eigenvalue weighted by Gasteiger charge is 2.29. The Morgan fingerprint density at radius 2 is 1.77 bits per heavy atom. The van der Waals surface area contributed by atoms with Crippen molar-refractivity contribution in [1.82, 2.24) is 10.2 Å². The molecule has 2 aromatic carbocycles. The van der Waals surface area contributed by atoms with Gasteiger partial charge < -0.3 is 15.0 Å². The molecule has 1 atom stereocenters. The summed E-state index contributed by atoms with van der Waals surface area (Å²) in [5.74, 6) is -0.552. The molecule has 0 bridgehead atoms. The van der Waals surface area contributed by atoms with Gasteiger partial charge in [-0.15, -0.1) is 0 Å². The van der Waals surface area contributed by atoms with E-state index in [9.17, 15) is 14.0 Å². The molecule has 0 aromatic heterocycles. The summed E-state index contributed by atoms with van der Waals surface area (Å²) in [5, 5.41) is 2.87. The fourth-order valence-corrected chi connectivity index (χ4v) is 2.90. The Balaban J connectivity index is 2.20. The molecule has 0 aliphatic heterocycles. The monoisotopic (exact) mass is 414 g/mol. The van der Waals surface area contributed by atoms with Gasteiger partial charge in [0.05, 0.1) is 0 Å². The minimum atomic E-state index is -0.792. The molecular weight excluding hydrogens is 383 g/mol. The van der Waals surface area contributed by atoms with Crippen molar-refractivity contribution in [1.29, 1.82) is 0 Å². The Hall–Kier alpha value is -2.89. The van der Waals surface area contributed by atoms with Crippen LogP contribution in [0, 0.1) is 19.7 Å². The standard InChI is InChI=1S/C24H31FN2O3/c1-16-11-12-20(13-17(16)2)30-15-22(28)27(14-19-9-7-8-10-21(19)25)18(3)23(29)26-24(4,5)6/h7-13,18H,14-15H2,1-6H3,(H,26,29). The van der Waals surface area contributed by atoms with Crippen LogP contribution in [-0.4, -0.2) is 34.9 Å². The van der Waals surface area contributed by atoms with Crippen LogP contribution in [0.3, 0.4) is 0 Å². The molecule has 2 rings (SSSR count). The number of hydrogen-bond donors (Lipinski definition) is 1. The van der Waals surface area contributed by atoms with Gasteiger partial charge in [0.1, 0.15) is 17.6 Å². The lowest BCUT2D eigenvalue weighted by Gasteiger charge is -2.31. The lowest BCUT2D eigenvalue weighted by atomic mass is 10.1. The van der Waals surface area contributed by atoms with Gasteiger partial charge in [-0.25, -0.2) is 4.39 Å². The quantitative estimate of drug-likeness (QED) is 0.740. The van der Waals surface area contributed by atoms with Crippen LogP contribution in [-0.2, 0) is 16.1 Å². The second kappa shape index (κ2) is 9.74. The van der Waals surface area contributed by atoms with E-state index in [-0.39, 0.29) is 19.1 Å². The molecule has 0 fully saturated rings. The number of carbonyl (C=O) groups excluding carboxylic acids is 2. The second-order valence-electron chi connectivity index (χ2n) is 8.56. The van der Waals surface area contributed by atoms with Crippen molar-refractivity contribution >= 4 is 11.8 Å². The zero-order chi connectivity index (χ0) is 22.5. The van der Waals surface area contributed by atoms with Crippen LogP contribution in [0.4, 0.5) is 4.39 Å². The zero-order valence-corrected chi connectivity index (χ0v) is 18.6. The van der Waals surface area contributed by atoms with Crippen LogP contribution in [0.1, 0.15) is 44.4 Å². The number of amides is 2. The third kappa shape index (κ3) is 6.58. The Labute approximate surface area is 178 Å². The first kappa shape index (κ1) is 23.4. The highest BCUT2D eigenvalue weighted by molar-refractivity contribution is 5.88. The molecule has 6 heteroatoms. The summed E-state index contributed by atoms with van der Waals surface area (Å²) in [6.45, 7) is 10.9. The SMILES string of the molecule is Cc1ccc(OCC(=O)N(Cc2ccccc2F)C(C)C(=O)NC(C)(C)C)cc1C. The molecule has 0 heterocycles. The van der Waals surface area contributed by atoms with Crippen molar-refractivity contribution in [3.8, 4) is 5.75 Å². The molecule has 0 radical (unpaired) electrons. The molecule has 2 amide bonds. The lowest BCUT2D eigenvalue weighted by molar-refractivity contribution is -0.142. The smallest absolute Gasteiger partial charge is 0.261 e. The Morgan fingerprint density at radius 1 is 1.10 bits per heavy atom. The average Bonchev–Trinajstić information content (AvgIpc) is 2.66. The van der Waals surface area contributed by atoms with Gasteiger partial charge in [-0.05, 0) is 70.9 Å². The third-order valence-electron chi connectivity index (χ3n) is 4.80. The molecule has 162 valence electrons. The van der Waals surface area contributed by atoms with Crippen LogP contribution >= 0.6 is 0 Å². The Kier molecular flexibility index (Phi) is 7.59. The summed E-state index contributed by atoms with van der Waals surface area (Å²) >= 11 is 0. The first-order valence-electron chi connectivity index (χ1n) is 10.0. The van der Waals surface area contributed by atoms with E-state index >= 15 is 0 Å². The van der Waals surface area contributed by atoms with E-state index in [1.165, 1.54) is 11.0 Å². The minimum Gasteiger partial charge on any atom is -0.484 e.